The van der Waals surface area contributed by atoms with Gasteiger partial charge in [0.25, 0.3) is 0 Å². The standard InChI is InChI=1S/C25H28Cl2N6O2S/c1-7-19(34)31-11-15(5)32(12-14(31)4)23-16-10-17(26)22(27)29-24(16)33(25(35)30-23)21-18(36-6)8-9-28-20(21)13(2)3/h7-10,13-15H,1,11-12H2,2-6H3/t14-,15+/m1/s1. The summed E-state index contributed by atoms with van der Waals surface area (Å²) >= 11 is 14.3. The first kappa shape index (κ1) is 26.4. The minimum atomic E-state index is -0.488. The first-order chi connectivity index (χ1) is 17.1. The molecule has 3 aromatic rings. The van der Waals surface area contributed by atoms with E-state index in [0.29, 0.717) is 35.6 Å². The summed E-state index contributed by atoms with van der Waals surface area (Å²) in [6.07, 6.45) is 5.01. The summed E-state index contributed by atoms with van der Waals surface area (Å²) in [5, 5.41) is 0.953. The zero-order valence-electron chi connectivity index (χ0n) is 20.8. The molecule has 0 radical (unpaired) electrons. The van der Waals surface area contributed by atoms with Crippen molar-refractivity contribution in [3.05, 3.63) is 57.3 Å². The Bertz CT molecular complexity index is 1410. The summed E-state index contributed by atoms with van der Waals surface area (Å²) < 4.78 is 1.49. The number of carbonyl (C=O) groups excluding carboxylic acids is 1. The van der Waals surface area contributed by atoms with Gasteiger partial charge >= 0.3 is 5.69 Å². The van der Waals surface area contributed by atoms with Crippen LogP contribution in [0, 0.1) is 0 Å². The molecule has 2 atom stereocenters. The second kappa shape index (κ2) is 10.4. The quantitative estimate of drug-likeness (QED) is 0.254. The maximum atomic E-state index is 13.7. The van der Waals surface area contributed by atoms with Crippen LogP contribution in [0.25, 0.3) is 16.7 Å². The van der Waals surface area contributed by atoms with Gasteiger partial charge in [0.1, 0.15) is 11.0 Å². The molecule has 3 aromatic heterocycles. The average Bonchev–Trinajstić information content (AvgIpc) is 2.85. The van der Waals surface area contributed by atoms with Crippen LogP contribution in [-0.4, -0.2) is 61.8 Å². The van der Waals surface area contributed by atoms with Crippen molar-refractivity contribution in [2.75, 3.05) is 24.2 Å². The number of anilines is 1. The van der Waals surface area contributed by atoms with Gasteiger partial charge in [-0.1, -0.05) is 43.6 Å². The van der Waals surface area contributed by atoms with Crippen LogP contribution in [0.1, 0.15) is 39.3 Å². The van der Waals surface area contributed by atoms with E-state index < -0.39 is 5.69 Å². The van der Waals surface area contributed by atoms with Gasteiger partial charge in [0, 0.05) is 36.3 Å². The van der Waals surface area contributed by atoms with Crippen LogP contribution in [-0.2, 0) is 4.79 Å². The molecule has 0 unspecified atom stereocenters. The molecule has 4 heterocycles. The number of halogens is 2. The SMILES string of the molecule is C=CC(=O)N1C[C@H](C)N(c2nc(=O)n(-c3c(SC)ccnc3C(C)C)c3nc(Cl)c(Cl)cc23)C[C@H]1C. The summed E-state index contributed by atoms with van der Waals surface area (Å²) in [4.78, 5) is 44.4. The summed E-state index contributed by atoms with van der Waals surface area (Å²) in [6.45, 7) is 12.5. The highest BCUT2D eigenvalue weighted by molar-refractivity contribution is 7.98. The number of amides is 1. The van der Waals surface area contributed by atoms with Gasteiger partial charge in [0.2, 0.25) is 5.91 Å². The fourth-order valence-electron chi connectivity index (χ4n) is 4.61. The lowest BCUT2D eigenvalue weighted by Gasteiger charge is -2.44. The lowest BCUT2D eigenvalue weighted by Crippen LogP contribution is -2.58. The molecule has 1 aliphatic rings. The van der Waals surface area contributed by atoms with Crippen LogP contribution < -0.4 is 10.6 Å². The molecule has 0 bridgehead atoms. The van der Waals surface area contributed by atoms with Gasteiger partial charge in [-0.15, -0.1) is 11.8 Å². The van der Waals surface area contributed by atoms with E-state index in [2.05, 4.69) is 21.5 Å². The second-order valence-corrected chi connectivity index (χ2v) is 10.7. The third-order valence-electron chi connectivity index (χ3n) is 6.38. The molecule has 0 N–H and O–H groups in total. The lowest BCUT2D eigenvalue weighted by atomic mass is 10.1. The van der Waals surface area contributed by atoms with Gasteiger partial charge in [-0.05, 0) is 44.2 Å². The monoisotopic (exact) mass is 546 g/mol. The van der Waals surface area contributed by atoms with E-state index in [-0.39, 0.29) is 34.1 Å². The highest BCUT2D eigenvalue weighted by Gasteiger charge is 2.34. The minimum absolute atomic E-state index is 0.0489. The summed E-state index contributed by atoms with van der Waals surface area (Å²) in [7, 11) is 0. The number of aromatic nitrogens is 4. The highest BCUT2D eigenvalue weighted by Crippen LogP contribution is 2.35. The van der Waals surface area contributed by atoms with Gasteiger partial charge in [0.15, 0.2) is 5.65 Å². The maximum absolute atomic E-state index is 13.7. The van der Waals surface area contributed by atoms with Crippen LogP contribution in [0.15, 0.2) is 40.7 Å². The van der Waals surface area contributed by atoms with Gasteiger partial charge in [-0.3, -0.25) is 9.78 Å². The average molecular weight is 548 g/mol. The Labute approximate surface area is 224 Å². The van der Waals surface area contributed by atoms with E-state index >= 15 is 0 Å². The predicted octanol–water partition coefficient (Wildman–Crippen LogP) is 4.94. The molecule has 11 heteroatoms. The second-order valence-electron chi connectivity index (χ2n) is 9.13. The molecule has 0 aliphatic carbocycles. The molecule has 1 aliphatic heterocycles. The predicted molar refractivity (Wildman–Crippen MR) is 147 cm³/mol. The van der Waals surface area contributed by atoms with Crippen molar-refractivity contribution in [3.8, 4) is 5.69 Å². The van der Waals surface area contributed by atoms with Crippen molar-refractivity contribution in [1.82, 2.24) is 24.4 Å². The summed E-state index contributed by atoms with van der Waals surface area (Å²) in [5.41, 5.74) is 1.26. The van der Waals surface area contributed by atoms with E-state index in [1.165, 1.54) is 22.4 Å². The fourth-order valence-corrected chi connectivity index (χ4v) is 5.49. The molecule has 1 fully saturated rings. The Hall–Kier alpha value is -2.62. The minimum Gasteiger partial charge on any atom is -0.349 e. The fraction of sp³-hybridized carbons (Fsp3) is 0.400. The van der Waals surface area contributed by atoms with Gasteiger partial charge < -0.3 is 9.80 Å². The first-order valence-electron chi connectivity index (χ1n) is 11.6. The number of rotatable bonds is 5. The summed E-state index contributed by atoms with van der Waals surface area (Å²) in [5.74, 6) is 0.386. The largest absolute Gasteiger partial charge is 0.355 e. The smallest absolute Gasteiger partial charge is 0.349 e. The van der Waals surface area contributed by atoms with Gasteiger partial charge in [-0.2, -0.15) is 4.98 Å². The highest BCUT2D eigenvalue weighted by atomic mass is 35.5. The Kier molecular flexibility index (Phi) is 7.64. The molecular weight excluding hydrogens is 519 g/mol. The molecule has 190 valence electrons. The van der Waals surface area contributed by atoms with E-state index in [1.807, 2.05) is 44.9 Å². The van der Waals surface area contributed by atoms with Gasteiger partial charge in [0.05, 0.1) is 21.8 Å². The lowest BCUT2D eigenvalue weighted by molar-refractivity contribution is -0.128. The van der Waals surface area contributed by atoms with Crippen LogP contribution in [0.4, 0.5) is 5.82 Å². The molecule has 8 nitrogen and oxygen atoms in total. The number of hydrogen-bond donors (Lipinski definition) is 0. The molecular formula is C25H28Cl2N6O2S. The Morgan fingerprint density at radius 1 is 1.22 bits per heavy atom. The van der Waals surface area contributed by atoms with Crippen LogP contribution in [0.3, 0.4) is 0 Å². The number of fused-ring (bicyclic) bond motifs is 1. The molecule has 0 spiro atoms. The van der Waals surface area contributed by atoms with E-state index in [9.17, 15) is 9.59 Å². The molecule has 1 saturated heterocycles. The van der Waals surface area contributed by atoms with Crippen molar-refractivity contribution in [1.29, 1.82) is 0 Å². The Balaban J connectivity index is 1.99. The third-order valence-corrected chi connectivity index (χ3v) is 7.82. The van der Waals surface area contributed by atoms with Crippen molar-refractivity contribution in [3.63, 3.8) is 0 Å². The number of hydrogen-bond acceptors (Lipinski definition) is 7. The molecule has 4 rings (SSSR count). The zero-order chi connectivity index (χ0) is 26.3. The molecule has 0 aromatic carbocycles. The zero-order valence-corrected chi connectivity index (χ0v) is 23.2. The van der Waals surface area contributed by atoms with Crippen LogP contribution >= 0.6 is 35.0 Å². The molecule has 0 saturated carbocycles. The number of piperazine rings is 1. The van der Waals surface area contributed by atoms with Crippen molar-refractivity contribution in [2.45, 2.75) is 50.6 Å². The van der Waals surface area contributed by atoms with Crippen LogP contribution in [0.2, 0.25) is 10.2 Å². The van der Waals surface area contributed by atoms with E-state index in [1.54, 1.807) is 17.2 Å². The number of nitrogens with zero attached hydrogens (tertiary/aromatic N) is 6. The van der Waals surface area contributed by atoms with E-state index in [4.69, 9.17) is 23.2 Å². The Morgan fingerprint density at radius 2 is 1.94 bits per heavy atom. The first-order valence-corrected chi connectivity index (χ1v) is 13.6. The van der Waals surface area contributed by atoms with Crippen LogP contribution in [0.5, 0.6) is 0 Å². The molecule has 1 amide bonds. The molecule has 36 heavy (non-hydrogen) atoms. The van der Waals surface area contributed by atoms with Crippen molar-refractivity contribution < 1.29 is 4.79 Å². The normalized spacial score (nSPS) is 18.2. The topological polar surface area (TPSA) is 84.2 Å². The van der Waals surface area contributed by atoms with E-state index in [0.717, 1.165) is 10.6 Å². The number of thioether (sulfide) groups is 1. The maximum Gasteiger partial charge on any atom is 0.355 e. The number of pyridine rings is 2. The summed E-state index contributed by atoms with van der Waals surface area (Å²) in [6, 6.07) is 3.34. The van der Waals surface area contributed by atoms with Crippen molar-refractivity contribution in [2.24, 2.45) is 0 Å². The third kappa shape index (κ3) is 4.60. The van der Waals surface area contributed by atoms with Gasteiger partial charge in [-0.25, -0.2) is 14.3 Å². The Morgan fingerprint density at radius 3 is 2.58 bits per heavy atom. The number of carbonyl (C=O) groups is 1. The van der Waals surface area contributed by atoms with Crippen molar-refractivity contribution >= 4 is 57.7 Å².